The first-order chi connectivity index (χ1) is 16.5. The summed E-state index contributed by atoms with van der Waals surface area (Å²) in [4.78, 5) is 5.73. The molecular weight excluding hydrogens is 424 g/mol. The lowest BCUT2D eigenvalue weighted by molar-refractivity contribution is 0.0406. The summed E-state index contributed by atoms with van der Waals surface area (Å²) in [6.07, 6.45) is 1.63. The Kier molecular flexibility index (Phi) is 6.48. The highest BCUT2D eigenvalue weighted by atomic mass is 16.5. The van der Waals surface area contributed by atoms with Gasteiger partial charge in [-0.3, -0.25) is 4.90 Å². The number of nitrogens with one attached hydrogen (secondary N) is 1. The maximum atomic E-state index is 10.7. The maximum Gasteiger partial charge on any atom is 0.128 e. The summed E-state index contributed by atoms with van der Waals surface area (Å²) in [7, 11) is 1.73. The number of likely N-dealkylation sites (tertiary alicyclic amines) is 1. The molecule has 0 aliphatic carbocycles. The molecule has 0 amide bonds. The number of rotatable bonds is 7. The van der Waals surface area contributed by atoms with Crippen molar-refractivity contribution in [2.75, 3.05) is 26.8 Å². The van der Waals surface area contributed by atoms with E-state index in [1.807, 2.05) is 37.3 Å². The monoisotopic (exact) mass is 458 g/mol. The van der Waals surface area contributed by atoms with E-state index in [1.54, 1.807) is 7.11 Å². The molecule has 1 aliphatic rings. The summed E-state index contributed by atoms with van der Waals surface area (Å²) in [6.45, 7) is 6.20. The van der Waals surface area contributed by atoms with Gasteiger partial charge in [-0.1, -0.05) is 30.3 Å². The predicted molar refractivity (Wildman–Crippen MR) is 138 cm³/mol. The number of hydrogen-bond acceptors (Lipinski definition) is 4. The first-order valence-electron chi connectivity index (χ1n) is 12.2. The van der Waals surface area contributed by atoms with Gasteiger partial charge in [-0.15, -0.1) is 0 Å². The number of aromatic nitrogens is 1. The van der Waals surface area contributed by atoms with Crippen molar-refractivity contribution in [1.29, 1.82) is 0 Å². The number of ether oxygens (including phenoxy) is 2. The van der Waals surface area contributed by atoms with Crippen molar-refractivity contribution in [2.24, 2.45) is 0 Å². The fourth-order valence-corrected chi connectivity index (χ4v) is 5.39. The summed E-state index contributed by atoms with van der Waals surface area (Å²) in [5.41, 5.74) is 3.54. The van der Waals surface area contributed by atoms with Crippen LogP contribution in [0.1, 0.15) is 36.9 Å². The number of aliphatic hydroxyl groups is 1. The number of H-pyrrole nitrogens is 1. The Morgan fingerprint density at radius 1 is 1.06 bits per heavy atom. The van der Waals surface area contributed by atoms with Gasteiger partial charge < -0.3 is 19.6 Å². The van der Waals surface area contributed by atoms with Crippen molar-refractivity contribution >= 4 is 21.7 Å². The third-order valence-electron chi connectivity index (χ3n) is 7.21. The molecule has 3 atom stereocenters. The van der Waals surface area contributed by atoms with Gasteiger partial charge in [-0.2, -0.15) is 0 Å². The summed E-state index contributed by atoms with van der Waals surface area (Å²) in [6, 6.07) is 21.5. The molecule has 1 aliphatic heterocycles. The third kappa shape index (κ3) is 4.63. The lowest BCUT2D eigenvalue weighted by Gasteiger charge is -2.39. The number of β-amino-alcohol motifs (C(OH)–C–C–N with tert-alkyl or cyclic N) is 1. The van der Waals surface area contributed by atoms with E-state index in [9.17, 15) is 5.11 Å². The third-order valence-corrected chi connectivity index (χ3v) is 7.21. The number of hydrogen-bond donors (Lipinski definition) is 2. The van der Waals surface area contributed by atoms with Crippen LogP contribution < -0.4 is 9.47 Å². The van der Waals surface area contributed by atoms with E-state index in [-0.39, 0.29) is 0 Å². The van der Waals surface area contributed by atoms with Crippen molar-refractivity contribution in [2.45, 2.75) is 44.8 Å². The fourth-order valence-electron chi connectivity index (χ4n) is 5.39. The Balaban J connectivity index is 1.19. The number of nitrogens with zero attached hydrogens (tertiary/aromatic N) is 1. The molecule has 178 valence electrons. The number of aliphatic hydroxyl groups excluding tert-OH is 1. The number of piperidine rings is 1. The topological polar surface area (TPSA) is 57.7 Å². The Morgan fingerprint density at radius 2 is 1.88 bits per heavy atom. The maximum absolute atomic E-state index is 10.7. The van der Waals surface area contributed by atoms with Gasteiger partial charge in [-0.25, -0.2) is 0 Å². The summed E-state index contributed by atoms with van der Waals surface area (Å²) >= 11 is 0. The largest absolute Gasteiger partial charge is 0.496 e. The minimum Gasteiger partial charge on any atom is -0.496 e. The second kappa shape index (κ2) is 9.69. The van der Waals surface area contributed by atoms with Crippen molar-refractivity contribution < 1.29 is 14.6 Å². The van der Waals surface area contributed by atoms with Crippen LogP contribution in [0.3, 0.4) is 0 Å². The van der Waals surface area contributed by atoms with E-state index >= 15 is 0 Å². The number of benzene rings is 3. The predicted octanol–water partition coefficient (Wildman–Crippen LogP) is 5.65. The van der Waals surface area contributed by atoms with Crippen molar-refractivity contribution in [3.05, 3.63) is 71.9 Å². The van der Waals surface area contributed by atoms with Crippen LogP contribution in [0, 0.1) is 6.92 Å². The Bertz CT molecular complexity index is 1280. The fraction of sp³-hybridized carbons (Fsp3) is 0.379. The molecule has 0 unspecified atom stereocenters. The second-order valence-corrected chi connectivity index (χ2v) is 9.64. The number of aryl methyl sites for hydroxylation is 1. The normalized spacial score (nSPS) is 20.0. The van der Waals surface area contributed by atoms with E-state index in [1.165, 1.54) is 16.3 Å². The second-order valence-electron chi connectivity index (χ2n) is 9.64. The van der Waals surface area contributed by atoms with Crippen LogP contribution >= 0.6 is 0 Å². The quantitative estimate of drug-likeness (QED) is 0.376. The molecular formula is C29H34N2O3. The van der Waals surface area contributed by atoms with Gasteiger partial charge >= 0.3 is 0 Å². The highest BCUT2D eigenvalue weighted by Crippen LogP contribution is 2.35. The van der Waals surface area contributed by atoms with Gasteiger partial charge in [0.1, 0.15) is 24.2 Å². The van der Waals surface area contributed by atoms with Gasteiger partial charge in [0.15, 0.2) is 0 Å². The number of methoxy groups -OCH3 is 1. The molecule has 0 bridgehead atoms. The molecule has 5 nitrogen and oxygen atoms in total. The van der Waals surface area contributed by atoms with Crippen LogP contribution in [0.5, 0.6) is 11.5 Å². The highest BCUT2D eigenvalue weighted by Gasteiger charge is 2.28. The van der Waals surface area contributed by atoms with Crippen LogP contribution in [0.25, 0.3) is 21.7 Å². The van der Waals surface area contributed by atoms with Crippen LogP contribution in [-0.2, 0) is 0 Å². The molecule has 0 radical (unpaired) electrons. The summed E-state index contributed by atoms with van der Waals surface area (Å²) < 4.78 is 11.6. The van der Waals surface area contributed by atoms with Gasteiger partial charge in [0.25, 0.3) is 0 Å². The average Bonchev–Trinajstić information content (AvgIpc) is 3.24. The lowest BCUT2D eigenvalue weighted by atomic mass is 9.85. The van der Waals surface area contributed by atoms with Crippen molar-refractivity contribution in [3.63, 3.8) is 0 Å². The highest BCUT2D eigenvalue weighted by molar-refractivity contribution is 5.89. The number of fused-ring (bicyclic) bond motifs is 2. The lowest BCUT2D eigenvalue weighted by Crippen LogP contribution is -2.45. The van der Waals surface area contributed by atoms with Crippen LogP contribution in [-0.4, -0.2) is 53.9 Å². The zero-order valence-electron chi connectivity index (χ0n) is 20.3. The number of aromatic amines is 1. The minimum absolute atomic E-state index is 0.292. The first-order valence-corrected chi connectivity index (χ1v) is 12.2. The van der Waals surface area contributed by atoms with E-state index < -0.39 is 6.10 Å². The first kappa shape index (κ1) is 22.8. The standard InChI is InChI=1S/C29H34N2O3/c1-19-14-26-27(30-19)7-5-9-29(26)34-18-24(32)17-31-13-12-23(15-20(31)2)22-11-10-21-6-4-8-28(33-3)25(21)16-22/h4-11,14,16,20,23-24,30,32H,12-13,15,17-18H2,1-3H3/t20-,23-,24+/m1/s1. The zero-order valence-corrected chi connectivity index (χ0v) is 20.3. The van der Waals surface area contributed by atoms with Crippen molar-refractivity contribution in [1.82, 2.24) is 9.88 Å². The summed E-state index contributed by atoms with van der Waals surface area (Å²) in [5.74, 6) is 2.27. The van der Waals surface area contributed by atoms with Gasteiger partial charge in [0.05, 0.1) is 7.11 Å². The Morgan fingerprint density at radius 3 is 2.71 bits per heavy atom. The Hall–Kier alpha value is -3.02. The molecule has 4 aromatic rings. The molecule has 5 heteroatoms. The van der Waals surface area contributed by atoms with E-state index in [0.717, 1.165) is 47.5 Å². The van der Waals surface area contributed by atoms with Crippen molar-refractivity contribution in [3.8, 4) is 11.5 Å². The SMILES string of the molecule is COc1cccc2ccc([C@@H]3CCN(C[C@H](O)COc4cccc5[nH]c(C)cc45)[C@H](C)C3)cc12. The summed E-state index contributed by atoms with van der Waals surface area (Å²) in [5, 5.41) is 14.2. The molecule has 2 heterocycles. The molecule has 1 fully saturated rings. The van der Waals surface area contributed by atoms with Gasteiger partial charge in [0, 0.05) is 34.6 Å². The van der Waals surface area contributed by atoms with Gasteiger partial charge in [-0.05, 0) is 80.4 Å². The molecule has 2 N–H and O–H groups in total. The molecule has 3 aromatic carbocycles. The minimum atomic E-state index is -0.528. The van der Waals surface area contributed by atoms with E-state index in [0.29, 0.717) is 25.1 Å². The molecule has 34 heavy (non-hydrogen) atoms. The van der Waals surface area contributed by atoms with E-state index in [4.69, 9.17) is 9.47 Å². The average molecular weight is 459 g/mol. The van der Waals surface area contributed by atoms with E-state index in [2.05, 4.69) is 47.1 Å². The Labute approximate surface area is 201 Å². The zero-order chi connectivity index (χ0) is 23.7. The van der Waals surface area contributed by atoms with Crippen LogP contribution in [0.2, 0.25) is 0 Å². The molecule has 5 rings (SSSR count). The molecule has 1 aromatic heterocycles. The smallest absolute Gasteiger partial charge is 0.128 e. The molecule has 0 spiro atoms. The van der Waals surface area contributed by atoms with Crippen LogP contribution in [0.15, 0.2) is 60.7 Å². The molecule has 0 saturated carbocycles. The van der Waals surface area contributed by atoms with Gasteiger partial charge in [0.2, 0.25) is 0 Å². The van der Waals surface area contributed by atoms with Crippen LogP contribution in [0.4, 0.5) is 0 Å². The molecule has 1 saturated heterocycles.